The average molecular weight is 504 g/mol. The molecule has 0 bridgehead atoms. The van der Waals surface area contributed by atoms with E-state index in [2.05, 4.69) is 88.7 Å². The van der Waals surface area contributed by atoms with Crippen LogP contribution < -0.4 is 10.1 Å². The van der Waals surface area contributed by atoms with Crippen molar-refractivity contribution in [2.75, 3.05) is 13.7 Å². The summed E-state index contributed by atoms with van der Waals surface area (Å²) in [6, 6.07) is 31.0. The van der Waals surface area contributed by atoms with Crippen molar-refractivity contribution < 1.29 is 9.53 Å². The van der Waals surface area contributed by atoms with Crippen molar-refractivity contribution in [3.05, 3.63) is 131 Å². The third-order valence-electron chi connectivity index (χ3n) is 7.01. The first kappa shape index (κ1) is 25.3. The molecule has 5 heteroatoms. The van der Waals surface area contributed by atoms with E-state index in [0.717, 1.165) is 34.6 Å². The summed E-state index contributed by atoms with van der Waals surface area (Å²) >= 11 is 0. The highest BCUT2D eigenvalue weighted by Gasteiger charge is 2.23. The third kappa shape index (κ3) is 5.94. The number of ether oxygens (including phenoxy) is 1. The number of aromatic nitrogens is 2. The first-order chi connectivity index (χ1) is 18.6. The number of carbonyl (C=O) groups is 1. The quantitative estimate of drug-likeness (QED) is 0.244. The van der Waals surface area contributed by atoms with Crippen molar-refractivity contribution in [1.82, 2.24) is 14.9 Å². The minimum absolute atomic E-state index is 0.0251. The number of pyridine rings is 1. The molecule has 38 heavy (non-hydrogen) atoms. The van der Waals surface area contributed by atoms with Gasteiger partial charge in [-0.2, -0.15) is 0 Å². The van der Waals surface area contributed by atoms with Crippen LogP contribution >= 0.6 is 0 Å². The molecule has 0 aliphatic rings. The van der Waals surface area contributed by atoms with E-state index in [-0.39, 0.29) is 11.8 Å². The lowest BCUT2D eigenvalue weighted by Crippen LogP contribution is -2.27. The van der Waals surface area contributed by atoms with E-state index in [1.165, 1.54) is 16.5 Å². The first-order valence-electron chi connectivity index (χ1n) is 13.0. The number of nitrogens with zero attached hydrogens (tertiary/aromatic N) is 2. The van der Waals surface area contributed by atoms with Gasteiger partial charge in [-0.05, 0) is 53.9 Å². The van der Waals surface area contributed by atoms with Crippen molar-refractivity contribution in [1.29, 1.82) is 0 Å². The third-order valence-corrected chi connectivity index (χ3v) is 7.01. The van der Waals surface area contributed by atoms with Crippen LogP contribution in [0.25, 0.3) is 10.9 Å². The monoisotopic (exact) mass is 503 g/mol. The Balaban J connectivity index is 1.44. The summed E-state index contributed by atoms with van der Waals surface area (Å²) in [5, 5.41) is 4.28. The number of nitrogens with one attached hydrogen (secondary N) is 1. The van der Waals surface area contributed by atoms with Gasteiger partial charge < -0.3 is 14.6 Å². The van der Waals surface area contributed by atoms with Crippen LogP contribution in [0, 0.1) is 6.92 Å². The zero-order valence-electron chi connectivity index (χ0n) is 21.9. The fourth-order valence-electron chi connectivity index (χ4n) is 4.95. The number of para-hydroxylation sites is 1. The Morgan fingerprint density at radius 1 is 0.947 bits per heavy atom. The molecule has 5 rings (SSSR count). The fourth-order valence-corrected chi connectivity index (χ4v) is 4.95. The van der Waals surface area contributed by atoms with Gasteiger partial charge in [-0.1, -0.05) is 66.2 Å². The van der Waals surface area contributed by atoms with Crippen LogP contribution in [0.3, 0.4) is 0 Å². The highest BCUT2D eigenvalue weighted by atomic mass is 16.5. The maximum absolute atomic E-state index is 13.2. The van der Waals surface area contributed by atoms with Crippen LogP contribution in [0.1, 0.15) is 40.3 Å². The molecule has 0 spiro atoms. The summed E-state index contributed by atoms with van der Waals surface area (Å²) in [6.07, 6.45) is 5.06. The minimum atomic E-state index is -0.0973. The summed E-state index contributed by atoms with van der Waals surface area (Å²) in [7, 11) is 1.67. The van der Waals surface area contributed by atoms with E-state index < -0.39 is 0 Å². The maximum atomic E-state index is 13.2. The van der Waals surface area contributed by atoms with E-state index in [1.807, 2.05) is 30.3 Å². The number of hydrogen-bond donors (Lipinski definition) is 1. The van der Waals surface area contributed by atoms with E-state index in [9.17, 15) is 4.79 Å². The summed E-state index contributed by atoms with van der Waals surface area (Å²) in [5.41, 5.74) is 6.87. The molecule has 0 unspecified atom stereocenters. The number of amides is 1. The Labute approximate surface area is 224 Å². The van der Waals surface area contributed by atoms with Gasteiger partial charge in [0.05, 0.1) is 7.11 Å². The van der Waals surface area contributed by atoms with Gasteiger partial charge in [0.1, 0.15) is 5.75 Å². The van der Waals surface area contributed by atoms with Crippen LogP contribution in [0.4, 0.5) is 0 Å². The van der Waals surface area contributed by atoms with E-state index in [1.54, 1.807) is 13.3 Å². The van der Waals surface area contributed by atoms with Crippen LogP contribution in [-0.4, -0.2) is 29.1 Å². The van der Waals surface area contributed by atoms with Gasteiger partial charge in [0.2, 0.25) is 5.91 Å². The van der Waals surface area contributed by atoms with Gasteiger partial charge in [0.15, 0.2) is 0 Å². The summed E-state index contributed by atoms with van der Waals surface area (Å²) in [4.78, 5) is 17.6. The molecule has 2 aromatic heterocycles. The van der Waals surface area contributed by atoms with Crippen molar-refractivity contribution in [3.8, 4) is 5.75 Å². The molecule has 192 valence electrons. The Morgan fingerprint density at radius 3 is 2.45 bits per heavy atom. The molecule has 0 aliphatic heterocycles. The molecule has 1 amide bonds. The van der Waals surface area contributed by atoms with Gasteiger partial charge in [0, 0.05) is 60.8 Å². The Morgan fingerprint density at radius 2 is 1.71 bits per heavy atom. The summed E-state index contributed by atoms with van der Waals surface area (Å²) in [5.74, 6) is 0.728. The van der Waals surface area contributed by atoms with Crippen LogP contribution in [0.2, 0.25) is 0 Å². The van der Waals surface area contributed by atoms with E-state index in [0.29, 0.717) is 19.4 Å². The van der Waals surface area contributed by atoms with Gasteiger partial charge in [-0.3, -0.25) is 9.78 Å². The van der Waals surface area contributed by atoms with Crippen molar-refractivity contribution >= 4 is 16.8 Å². The maximum Gasteiger partial charge on any atom is 0.220 e. The number of rotatable bonds is 10. The lowest BCUT2D eigenvalue weighted by atomic mass is 9.88. The molecule has 0 aliphatic carbocycles. The van der Waals surface area contributed by atoms with Gasteiger partial charge in [-0.15, -0.1) is 0 Å². The summed E-state index contributed by atoms with van der Waals surface area (Å²) < 4.78 is 7.69. The zero-order chi connectivity index (χ0) is 26.3. The molecule has 1 N–H and O–H groups in total. The first-order valence-corrected chi connectivity index (χ1v) is 13.0. The standard InChI is InChI=1S/C33H33N3O2/c1-24-10-12-25(13-11-24)22-36-23-31(29-8-3-4-9-32(29)36)30(26-14-16-28(38-2)17-15-26)21-33(37)35-20-18-27-7-5-6-19-34-27/h3-17,19,23,30H,18,20-22H2,1-2H3,(H,35,37)/t30-/m1/s1. The van der Waals surface area contributed by atoms with Crippen LogP contribution in [-0.2, 0) is 17.8 Å². The summed E-state index contributed by atoms with van der Waals surface area (Å²) in [6.45, 7) is 3.43. The second kappa shape index (κ2) is 11.8. The number of benzene rings is 3. The molecule has 2 heterocycles. The fraction of sp³-hybridized carbons (Fsp3) is 0.212. The molecular weight excluding hydrogens is 470 g/mol. The second-order valence-electron chi connectivity index (χ2n) is 9.67. The molecule has 0 radical (unpaired) electrons. The van der Waals surface area contributed by atoms with Crippen LogP contribution in [0.5, 0.6) is 5.75 Å². The lowest BCUT2D eigenvalue weighted by molar-refractivity contribution is -0.121. The lowest BCUT2D eigenvalue weighted by Gasteiger charge is -2.18. The molecule has 0 saturated heterocycles. The van der Waals surface area contributed by atoms with Crippen LogP contribution in [0.15, 0.2) is 103 Å². The molecule has 5 nitrogen and oxygen atoms in total. The van der Waals surface area contributed by atoms with Gasteiger partial charge in [0.25, 0.3) is 0 Å². The Bertz CT molecular complexity index is 1490. The van der Waals surface area contributed by atoms with Gasteiger partial charge >= 0.3 is 0 Å². The predicted octanol–water partition coefficient (Wildman–Crippen LogP) is 6.28. The SMILES string of the molecule is COc1ccc([C@@H](CC(=O)NCCc2ccccn2)c2cn(Cc3ccc(C)cc3)c3ccccc23)cc1. The second-order valence-corrected chi connectivity index (χ2v) is 9.67. The van der Waals surface area contributed by atoms with Crippen molar-refractivity contribution in [2.45, 2.75) is 32.2 Å². The zero-order valence-corrected chi connectivity index (χ0v) is 21.9. The molecule has 0 saturated carbocycles. The molecule has 1 atom stereocenters. The topological polar surface area (TPSA) is 56.1 Å². The molecule has 0 fully saturated rings. The highest BCUT2D eigenvalue weighted by molar-refractivity contribution is 5.86. The van der Waals surface area contributed by atoms with E-state index >= 15 is 0 Å². The number of fused-ring (bicyclic) bond motifs is 1. The van der Waals surface area contributed by atoms with Gasteiger partial charge in [-0.25, -0.2) is 0 Å². The largest absolute Gasteiger partial charge is 0.497 e. The molecule has 5 aromatic rings. The van der Waals surface area contributed by atoms with Crippen molar-refractivity contribution in [3.63, 3.8) is 0 Å². The predicted molar refractivity (Wildman–Crippen MR) is 153 cm³/mol. The smallest absolute Gasteiger partial charge is 0.220 e. The number of hydrogen-bond acceptors (Lipinski definition) is 3. The Kier molecular flexibility index (Phi) is 7.84. The van der Waals surface area contributed by atoms with E-state index in [4.69, 9.17) is 4.74 Å². The average Bonchev–Trinajstić information content (AvgIpc) is 3.31. The molecular formula is C33H33N3O2. The molecule has 3 aromatic carbocycles. The normalized spacial score (nSPS) is 11.8. The minimum Gasteiger partial charge on any atom is -0.497 e. The number of methoxy groups -OCH3 is 1. The Hall–Kier alpha value is -4.38. The number of aryl methyl sites for hydroxylation is 1. The highest BCUT2D eigenvalue weighted by Crippen LogP contribution is 2.35. The van der Waals surface area contributed by atoms with Crippen molar-refractivity contribution in [2.24, 2.45) is 0 Å². The number of carbonyl (C=O) groups excluding carboxylic acids is 1.